The molecule has 2 heterocycles. The number of nitrogens with one attached hydrogen (secondary N) is 2. The van der Waals surface area contributed by atoms with E-state index in [1.54, 1.807) is 0 Å². The second kappa shape index (κ2) is 6.14. The molecule has 0 spiro atoms. The Kier molecular flexibility index (Phi) is 4.10. The lowest BCUT2D eigenvalue weighted by Crippen LogP contribution is -2.31. The number of rotatable bonds is 2. The van der Waals surface area contributed by atoms with Crippen molar-refractivity contribution in [2.45, 2.75) is 6.18 Å². The smallest absolute Gasteiger partial charge is 0.305 e. The average molecular weight is 364 g/mol. The van der Waals surface area contributed by atoms with Crippen molar-refractivity contribution in [2.24, 2.45) is 7.05 Å². The molecule has 0 bridgehead atoms. The number of fused-ring (bicyclic) bond motifs is 1. The quantitative estimate of drug-likeness (QED) is 0.720. The number of aromatic amines is 2. The van der Waals surface area contributed by atoms with E-state index in [4.69, 9.17) is 0 Å². The Morgan fingerprint density at radius 3 is 2.50 bits per heavy atom. The van der Waals surface area contributed by atoms with Gasteiger partial charge in [0.1, 0.15) is 11.3 Å². The van der Waals surface area contributed by atoms with Crippen molar-refractivity contribution in [1.29, 1.82) is 0 Å². The monoisotopic (exact) mass is 364 g/mol. The van der Waals surface area contributed by atoms with Crippen LogP contribution < -0.4 is 16.8 Å². The number of hydrogen-bond acceptors (Lipinski definition) is 4. The van der Waals surface area contributed by atoms with Gasteiger partial charge in [-0.2, -0.15) is 13.2 Å². The van der Waals surface area contributed by atoms with Crippen molar-refractivity contribution < 1.29 is 13.2 Å². The van der Waals surface area contributed by atoms with Crippen molar-refractivity contribution in [3.8, 4) is 0 Å². The lowest BCUT2D eigenvalue weighted by molar-refractivity contribution is -0.137. The van der Waals surface area contributed by atoms with Gasteiger partial charge in [0.05, 0.1) is 5.56 Å². The molecule has 3 rings (SSSR count). The van der Waals surface area contributed by atoms with Crippen LogP contribution in [0, 0.1) is 0 Å². The van der Waals surface area contributed by atoms with Crippen LogP contribution in [0.4, 0.5) is 13.2 Å². The highest BCUT2D eigenvalue weighted by Crippen LogP contribution is 2.29. The van der Waals surface area contributed by atoms with Crippen LogP contribution in [0.1, 0.15) is 16.8 Å². The van der Waals surface area contributed by atoms with E-state index in [0.717, 1.165) is 16.7 Å². The predicted octanol–water partition coefficient (Wildman–Crippen LogP) is 1.50. The summed E-state index contributed by atoms with van der Waals surface area (Å²) in [5, 5.41) is 0. The number of hydrogen-bond donors (Lipinski definition) is 2. The zero-order chi connectivity index (χ0) is 19.1. The van der Waals surface area contributed by atoms with E-state index in [2.05, 4.69) is 9.97 Å². The van der Waals surface area contributed by atoms with Crippen molar-refractivity contribution in [1.82, 2.24) is 19.5 Å². The molecule has 3 aromatic rings. The van der Waals surface area contributed by atoms with Gasteiger partial charge in [-0.15, -0.1) is 0 Å². The Morgan fingerprint density at radius 1 is 1.08 bits per heavy atom. The highest BCUT2D eigenvalue weighted by molar-refractivity contribution is 5.73. The van der Waals surface area contributed by atoms with Crippen molar-refractivity contribution in [3.63, 3.8) is 0 Å². The van der Waals surface area contributed by atoms with Crippen LogP contribution in [-0.4, -0.2) is 19.5 Å². The maximum absolute atomic E-state index is 12.7. The van der Waals surface area contributed by atoms with Crippen LogP contribution in [0.5, 0.6) is 0 Å². The number of halogens is 3. The number of nitrogens with zero attached hydrogens (tertiary/aromatic N) is 2. The topological polar surface area (TPSA) is 101 Å². The molecule has 0 radical (unpaired) electrons. The molecule has 0 aliphatic heterocycles. The van der Waals surface area contributed by atoms with Crippen LogP contribution in [0.3, 0.4) is 0 Å². The SMILES string of the molecule is Cn1c(=O)[nH]c(=O)c2nc(C=Cc3cccc(C(F)(F)F)c3)c(=O)[nH]c21. The third-order valence-electron chi connectivity index (χ3n) is 3.64. The Balaban J connectivity index is 2.09. The molecule has 2 N–H and O–H groups in total. The Morgan fingerprint density at radius 2 is 1.81 bits per heavy atom. The first kappa shape index (κ1) is 17.4. The summed E-state index contributed by atoms with van der Waals surface area (Å²) in [6, 6.07) is 4.51. The van der Waals surface area contributed by atoms with Gasteiger partial charge in [0.25, 0.3) is 11.1 Å². The van der Waals surface area contributed by atoms with Gasteiger partial charge >= 0.3 is 11.9 Å². The molecule has 0 atom stereocenters. The van der Waals surface area contributed by atoms with Gasteiger partial charge in [0, 0.05) is 7.05 Å². The molecule has 1 aromatic carbocycles. The first-order valence-electron chi connectivity index (χ1n) is 7.25. The molecule has 26 heavy (non-hydrogen) atoms. The number of aromatic nitrogens is 4. The van der Waals surface area contributed by atoms with Gasteiger partial charge in [-0.3, -0.25) is 19.1 Å². The standard InChI is InChI=1S/C16H11F3N4O3/c1-23-12-11(14(25)22-15(23)26)20-10(13(24)21-12)6-5-8-3-2-4-9(7-8)16(17,18)19/h2-7H,1H3,(H,21,24)(H,22,25,26). The van der Waals surface area contributed by atoms with E-state index >= 15 is 0 Å². The fourth-order valence-electron chi connectivity index (χ4n) is 2.30. The molecule has 0 aliphatic carbocycles. The maximum Gasteiger partial charge on any atom is 0.416 e. The first-order chi connectivity index (χ1) is 12.2. The summed E-state index contributed by atoms with van der Waals surface area (Å²) in [6.45, 7) is 0. The predicted molar refractivity (Wildman–Crippen MR) is 88.6 cm³/mol. The first-order valence-corrected chi connectivity index (χ1v) is 7.25. The summed E-state index contributed by atoms with van der Waals surface area (Å²) in [7, 11) is 1.34. The molecule has 0 unspecified atom stereocenters. The molecule has 134 valence electrons. The third-order valence-corrected chi connectivity index (χ3v) is 3.64. The molecule has 0 fully saturated rings. The minimum atomic E-state index is -4.49. The summed E-state index contributed by atoms with van der Waals surface area (Å²) in [5.74, 6) is 0. The number of alkyl halides is 3. The van der Waals surface area contributed by atoms with Gasteiger partial charge in [-0.25, -0.2) is 9.78 Å². The molecule has 2 aromatic heterocycles. The van der Waals surface area contributed by atoms with Crippen LogP contribution in [0.15, 0.2) is 38.6 Å². The number of aryl methyl sites for hydroxylation is 1. The van der Waals surface area contributed by atoms with Gasteiger partial charge in [0.2, 0.25) is 0 Å². The summed E-state index contributed by atoms with van der Waals surface area (Å²) < 4.78 is 39.2. The second-order valence-corrected chi connectivity index (χ2v) is 5.42. The Bertz CT molecular complexity index is 1200. The summed E-state index contributed by atoms with van der Waals surface area (Å²) in [5.41, 5.74) is -3.22. The Hall–Kier alpha value is -3.43. The van der Waals surface area contributed by atoms with Crippen molar-refractivity contribution in [3.05, 3.63) is 72.3 Å². The summed E-state index contributed by atoms with van der Waals surface area (Å²) in [4.78, 5) is 43.8. The van der Waals surface area contributed by atoms with E-state index in [0.29, 0.717) is 0 Å². The van der Waals surface area contributed by atoms with Crippen LogP contribution in [0.2, 0.25) is 0 Å². The molecule has 0 aliphatic rings. The van der Waals surface area contributed by atoms with Crippen molar-refractivity contribution >= 4 is 23.3 Å². The normalized spacial score (nSPS) is 12.2. The zero-order valence-electron chi connectivity index (χ0n) is 13.2. The van der Waals surface area contributed by atoms with E-state index in [1.807, 2.05) is 4.98 Å². The Labute approximate surface area is 142 Å². The fourth-order valence-corrected chi connectivity index (χ4v) is 2.30. The summed E-state index contributed by atoms with van der Waals surface area (Å²) >= 11 is 0. The minimum Gasteiger partial charge on any atom is -0.305 e. The fraction of sp³-hybridized carbons (Fsp3) is 0.125. The largest absolute Gasteiger partial charge is 0.416 e. The van der Waals surface area contributed by atoms with E-state index in [9.17, 15) is 27.6 Å². The van der Waals surface area contributed by atoms with Gasteiger partial charge < -0.3 is 4.98 Å². The lowest BCUT2D eigenvalue weighted by Gasteiger charge is -2.06. The molecule has 0 saturated heterocycles. The van der Waals surface area contributed by atoms with Crippen molar-refractivity contribution in [2.75, 3.05) is 0 Å². The molecule has 7 nitrogen and oxygen atoms in total. The number of benzene rings is 1. The molecule has 10 heteroatoms. The van der Waals surface area contributed by atoms with E-state index < -0.39 is 28.5 Å². The lowest BCUT2D eigenvalue weighted by atomic mass is 10.1. The second-order valence-electron chi connectivity index (χ2n) is 5.42. The van der Waals surface area contributed by atoms with Gasteiger partial charge in [-0.1, -0.05) is 18.2 Å². The summed E-state index contributed by atoms with van der Waals surface area (Å²) in [6.07, 6.45) is -2.02. The third kappa shape index (κ3) is 3.21. The minimum absolute atomic E-state index is 0.0556. The molecular formula is C16H11F3N4O3. The van der Waals surface area contributed by atoms with E-state index in [1.165, 1.54) is 31.3 Å². The molecular weight excluding hydrogens is 353 g/mol. The molecule has 0 saturated carbocycles. The maximum atomic E-state index is 12.7. The van der Waals surface area contributed by atoms with Crippen LogP contribution >= 0.6 is 0 Å². The van der Waals surface area contributed by atoms with Crippen LogP contribution in [0.25, 0.3) is 23.3 Å². The molecule has 0 amide bonds. The highest BCUT2D eigenvalue weighted by atomic mass is 19.4. The van der Waals surface area contributed by atoms with Gasteiger partial charge in [-0.05, 0) is 23.8 Å². The van der Waals surface area contributed by atoms with E-state index in [-0.39, 0.29) is 22.4 Å². The average Bonchev–Trinajstić information content (AvgIpc) is 2.58. The highest BCUT2D eigenvalue weighted by Gasteiger charge is 2.30. The van der Waals surface area contributed by atoms with Gasteiger partial charge in [0.15, 0.2) is 5.52 Å². The number of H-pyrrole nitrogens is 2. The van der Waals surface area contributed by atoms with Crippen LogP contribution in [-0.2, 0) is 13.2 Å². The zero-order valence-corrected chi connectivity index (χ0v) is 13.2.